The number of aromatic nitrogens is 4. The van der Waals surface area contributed by atoms with E-state index in [0.717, 1.165) is 22.3 Å². The van der Waals surface area contributed by atoms with Crippen molar-refractivity contribution < 1.29 is 5.11 Å². The SMILES string of the molecule is CCCn1c(=O)n(C)c(=O)c2cc(Cn3c(CO)nc4ccccc43)sc21. The summed E-state index contributed by atoms with van der Waals surface area (Å²) < 4.78 is 4.79. The van der Waals surface area contributed by atoms with Crippen molar-refractivity contribution in [2.45, 2.75) is 33.0 Å². The van der Waals surface area contributed by atoms with Gasteiger partial charge < -0.3 is 9.67 Å². The Hall–Kier alpha value is -2.71. The minimum atomic E-state index is -0.285. The Morgan fingerprint density at radius 1 is 1.19 bits per heavy atom. The van der Waals surface area contributed by atoms with Gasteiger partial charge in [0.2, 0.25) is 0 Å². The molecule has 0 aliphatic carbocycles. The van der Waals surface area contributed by atoms with Crippen molar-refractivity contribution in [2.24, 2.45) is 7.05 Å². The Labute approximate surface area is 158 Å². The fourth-order valence-corrected chi connectivity index (χ4v) is 4.55. The van der Waals surface area contributed by atoms with Crippen LogP contribution in [-0.4, -0.2) is 23.8 Å². The summed E-state index contributed by atoms with van der Waals surface area (Å²) in [6, 6.07) is 9.56. The maximum absolute atomic E-state index is 12.6. The van der Waals surface area contributed by atoms with E-state index in [-0.39, 0.29) is 17.9 Å². The number of aliphatic hydroxyl groups excluding tert-OH is 1. The lowest BCUT2D eigenvalue weighted by atomic mass is 10.3. The summed E-state index contributed by atoms with van der Waals surface area (Å²) >= 11 is 1.45. The molecule has 3 aromatic heterocycles. The van der Waals surface area contributed by atoms with Gasteiger partial charge in [0.1, 0.15) is 17.3 Å². The second-order valence-corrected chi connectivity index (χ2v) is 7.61. The number of fused-ring (bicyclic) bond motifs is 2. The first-order chi connectivity index (χ1) is 13.0. The van der Waals surface area contributed by atoms with Gasteiger partial charge in [-0.05, 0) is 24.6 Å². The Morgan fingerprint density at radius 2 is 1.96 bits per heavy atom. The Bertz CT molecular complexity index is 1260. The van der Waals surface area contributed by atoms with Gasteiger partial charge in [0.25, 0.3) is 5.56 Å². The minimum absolute atomic E-state index is 0.165. The summed E-state index contributed by atoms with van der Waals surface area (Å²) in [5.74, 6) is 0.576. The van der Waals surface area contributed by atoms with Gasteiger partial charge in [0.15, 0.2) is 0 Å². The predicted octanol–water partition coefficient (Wildman–Crippen LogP) is 2.06. The molecule has 0 saturated heterocycles. The maximum Gasteiger partial charge on any atom is 0.331 e. The van der Waals surface area contributed by atoms with Crippen molar-refractivity contribution in [3.63, 3.8) is 0 Å². The molecule has 0 amide bonds. The van der Waals surface area contributed by atoms with Crippen molar-refractivity contribution in [3.05, 3.63) is 61.9 Å². The molecule has 27 heavy (non-hydrogen) atoms. The van der Waals surface area contributed by atoms with Gasteiger partial charge in [-0.15, -0.1) is 11.3 Å². The van der Waals surface area contributed by atoms with Crippen LogP contribution in [0.2, 0.25) is 0 Å². The molecule has 0 radical (unpaired) electrons. The lowest BCUT2D eigenvalue weighted by Gasteiger charge is -2.07. The Kier molecular flexibility index (Phi) is 4.45. The molecule has 0 bridgehead atoms. The van der Waals surface area contributed by atoms with Crippen LogP contribution in [0.3, 0.4) is 0 Å². The van der Waals surface area contributed by atoms with Crippen LogP contribution >= 0.6 is 11.3 Å². The maximum atomic E-state index is 12.6. The number of nitrogens with zero attached hydrogens (tertiary/aromatic N) is 4. The lowest BCUT2D eigenvalue weighted by molar-refractivity contribution is 0.267. The Morgan fingerprint density at radius 3 is 2.70 bits per heavy atom. The Balaban J connectivity index is 1.89. The van der Waals surface area contributed by atoms with Crippen LogP contribution < -0.4 is 11.2 Å². The number of rotatable bonds is 5. The first-order valence-electron chi connectivity index (χ1n) is 8.82. The normalized spacial score (nSPS) is 11.7. The molecule has 7 nitrogen and oxygen atoms in total. The summed E-state index contributed by atoms with van der Waals surface area (Å²) in [5.41, 5.74) is 1.19. The molecule has 1 N–H and O–H groups in total. The van der Waals surface area contributed by atoms with Gasteiger partial charge in [0.05, 0.1) is 23.0 Å². The molecule has 0 saturated carbocycles. The fraction of sp³-hybridized carbons (Fsp3) is 0.316. The van der Waals surface area contributed by atoms with Crippen LogP contribution in [0.15, 0.2) is 39.9 Å². The van der Waals surface area contributed by atoms with Crippen molar-refractivity contribution in [1.82, 2.24) is 18.7 Å². The van der Waals surface area contributed by atoms with E-state index >= 15 is 0 Å². The van der Waals surface area contributed by atoms with Crippen molar-refractivity contribution in [2.75, 3.05) is 0 Å². The van der Waals surface area contributed by atoms with E-state index in [9.17, 15) is 14.7 Å². The second kappa shape index (κ2) is 6.79. The highest BCUT2D eigenvalue weighted by atomic mass is 32.1. The molecular formula is C19H20N4O3S. The number of aryl methyl sites for hydroxylation is 1. The van der Waals surface area contributed by atoms with Crippen LogP contribution in [0.4, 0.5) is 0 Å². The first kappa shape index (κ1) is 17.7. The zero-order valence-electron chi connectivity index (χ0n) is 15.2. The number of hydrogen-bond donors (Lipinski definition) is 1. The van der Waals surface area contributed by atoms with Gasteiger partial charge in [-0.3, -0.25) is 13.9 Å². The molecule has 140 valence electrons. The van der Waals surface area contributed by atoms with E-state index in [1.807, 2.05) is 41.8 Å². The zero-order valence-corrected chi connectivity index (χ0v) is 16.0. The number of hydrogen-bond acceptors (Lipinski definition) is 5. The molecule has 3 heterocycles. The van der Waals surface area contributed by atoms with E-state index in [1.165, 1.54) is 23.0 Å². The summed E-state index contributed by atoms with van der Waals surface area (Å²) in [7, 11) is 1.51. The highest BCUT2D eigenvalue weighted by molar-refractivity contribution is 7.18. The standard InChI is InChI=1S/C19H20N4O3S/c1-3-8-22-18-13(17(25)21(2)19(22)26)9-12(27-18)10-23-15-7-5-4-6-14(15)20-16(23)11-24/h4-7,9,24H,3,8,10-11H2,1-2H3. The highest BCUT2D eigenvalue weighted by Crippen LogP contribution is 2.25. The average molecular weight is 384 g/mol. The molecule has 0 aliphatic rings. The monoisotopic (exact) mass is 384 g/mol. The van der Waals surface area contributed by atoms with Gasteiger partial charge in [0, 0.05) is 18.5 Å². The van der Waals surface area contributed by atoms with Crippen LogP contribution in [0.25, 0.3) is 21.3 Å². The second-order valence-electron chi connectivity index (χ2n) is 6.49. The number of para-hydroxylation sites is 2. The number of imidazole rings is 1. The van der Waals surface area contributed by atoms with Gasteiger partial charge in [-0.25, -0.2) is 9.78 Å². The average Bonchev–Trinajstić information content (AvgIpc) is 3.25. The van der Waals surface area contributed by atoms with Gasteiger partial charge >= 0.3 is 5.69 Å². The zero-order chi connectivity index (χ0) is 19.1. The van der Waals surface area contributed by atoms with Crippen LogP contribution in [0.5, 0.6) is 0 Å². The van der Waals surface area contributed by atoms with Crippen LogP contribution in [-0.2, 0) is 26.7 Å². The molecule has 0 aliphatic heterocycles. The van der Waals surface area contributed by atoms with E-state index in [4.69, 9.17) is 0 Å². The van der Waals surface area contributed by atoms with E-state index in [2.05, 4.69) is 4.98 Å². The van der Waals surface area contributed by atoms with Crippen LogP contribution in [0, 0.1) is 0 Å². The highest BCUT2D eigenvalue weighted by Gasteiger charge is 2.16. The number of thiophene rings is 1. The van der Waals surface area contributed by atoms with E-state index < -0.39 is 0 Å². The molecule has 0 fully saturated rings. The van der Waals surface area contributed by atoms with Gasteiger partial charge in [-0.2, -0.15) is 0 Å². The number of benzene rings is 1. The molecule has 0 spiro atoms. The largest absolute Gasteiger partial charge is 0.388 e. The van der Waals surface area contributed by atoms with E-state index in [1.54, 1.807) is 4.57 Å². The molecule has 0 unspecified atom stereocenters. The third-order valence-corrected chi connectivity index (χ3v) is 5.84. The topological polar surface area (TPSA) is 82.0 Å². The summed E-state index contributed by atoms with van der Waals surface area (Å²) in [5, 5.41) is 10.2. The first-order valence-corrected chi connectivity index (χ1v) is 9.64. The smallest absolute Gasteiger partial charge is 0.331 e. The summed E-state index contributed by atoms with van der Waals surface area (Å²) in [6.45, 7) is 2.89. The number of aliphatic hydroxyl groups is 1. The molecule has 8 heteroatoms. The van der Waals surface area contributed by atoms with E-state index in [0.29, 0.717) is 29.1 Å². The van der Waals surface area contributed by atoms with Crippen molar-refractivity contribution >= 4 is 32.6 Å². The lowest BCUT2D eigenvalue weighted by Crippen LogP contribution is -2.37. The summed E-state index contributed by atoms with van der Waals surface area (Å²) in [6.07, 6.45) is 0.807. The molecule has 1 aromatic carbocycles. The fourth-order valence-electron chi connectivity index (χ4n) is 3.40. The van der Waals surface area contributed by atoms with Crippen molar-refractivity contribution in [1.29, 1.82) is 0 Å². The molecule has 0 atom stereocenters. The van der Waals surface area contributed by atoms with Gasteiger partial charge in [-0.1, -0.05) is 19.1 Å². The van der Waals surface area contributed by atoms with Crippen LogP contribution in [0.1, 0.15) is 24.0 Å². The quantitative estimate of drug-likeness (QED) is 0.571. The minimum Gasteiger partial charge on any atom is -0.388 e. The third kappa shape index (κ3) is 2.81. The third-order valence-electron chi connectivity index (χ3n) is 4.70. The summed E-state index contributed by atoms with van der Waals surface area (Å²) in [4.78, 5) is 31.1. The molecule has 4 rings (SSSR count). The molecule has 4 aromatic rings. The van der Waals surface area contributed by atoms with Crippen molar-refractivity contribution in [3.8, 4) is 0 Å². The molecular weight excluding hydrogens is 364 g/mol. The predicted molar refractivity (Wildman–Crippen MR) is 106 cm³/mol.